The molecule has 15 heteroatoms. The van der Waals surface area contributed by atoms with Crippen LogP contribution in [-0.2, 0) is 25.6 Å². The Morgan fingerprint density at radius 2 is 1.46 bits per heavy atom. The maximum absolute atomic E-state index is 13.9. The zero-order chi connectivity index (χ0) is 38.8. The minimum absolute atomic E-state index is 0.0735. The van der Waals surface area contributed by atoms with E-state index < -0.39 is 54.8 Å². The lowest BCUT2D eigenvalue weighted by molar-refractivity contribution is -0.142. The minimum atomic E-state index is -1.32. The molecule has 0 radical (unpaired) electrons. The Morgan fingerprint density at radius 1 is 0.870 bits per heavy atom. The van der Waals surface area contributed by atoms with Crippen LogP contribution in [0.3, 0.4) is 0 Å². The summed E-state index contributed by atoms with van der Waals surface area (Å²) in [5, 5.41) is 18.1. The summed E-state index contributed by atoms with van der Waals surface area (Å²) in [7, 11) is 1.40. The van der Waals surface area contributed by atoms with Gasteiger partial charge >= 0.3 is 5.97 Å². The van der Waals surface area contributed by atoms with Gasteiger partial charge in [0.05, 0.1) is 13.1 Å². The normalized spacial score (nSPS) is 15.6. The summed E-state index contributed by atoms with van der Waals surface area (Å²) in [4.78, 5) is 66.9. The van der Waals surface area contributed by atoms with Gasteiger partial charge in [0.15, 0.2) is 0 Å². The first-order chi connectivity index (χ1) is 26.0. The average Bonchev–Trinajstić information content (AvgIpc) is 3.17. The fourth-order valence-corrected chi connectivity index (χ4v) is 6.04. The fourth-order valence-electron chi connectivity index (χ4n) is 5.91. The number of nitrogens with zero attached hydrogens (tertiary/aromatic N) is 1. The van der Waals surface area contributed by atoms with Crippen molar-refractivity contribution in [2.75, 3.05) is 46.4 Å². The van der Waals surface area contributed by atoms with Gasteiger partial charge in [0, 0.05) is 48.3 Å². The molecular formula is C39H41ClN6O8. The summed E-state index contributed by atoms with van der Waals surface area (Å²) in [5.74, 6) is -3.09. The van der Waals surface area contributed by atoms with E-state index >= 15 is 0 Å². The first kappa shape index (κ1) is 39.3. The van der Waals surface area contributed by atoms with E-state index in [0.29, 0.717) is 44.3 Å². The average molecular weight is 757 g/mol. The lowest BCUT2D eigenvalue weighted by atomic mass is 9.94. The molecule has 1 aliphatic heterocycles. The second-order valence-electron chi connectivity index (χ2n) is 12.4. The second kappa shape index (κ2) is 18.2. The highest BCUT2D eigenvalue weighted by atomic mass is 35.5. The Kier molecular flexibility index (Phi) is 13.2. The number of benzene rings is 4. The lowest BCUT2D eigenvalue weighted by Crippen LogP contribution is -2.49. The predicted molar refractivity (Wildman–Crippen MR) is 202 cm³/mol. The summed E-state index contributed by atoms with van der Waals surface area (Å²) < 4.78 is 11.9. The number of hydrogen-bond donors (Lipinski definition) is 6. The lowest BCUT2D eigenvalue weighted by Gasteiger charge is -2.29. The Morgan fingerprint density at radius 3 is 2.07 bits per heavy atom. The van der Waals surface area contributed by atoms with Crippen LogP contribution in [0.25, 0.3) is 22.3 Å². The monoisotopic (exact) mass is 756 g/mol. The van der Waals surface area contributed by atoms with Crippen LogP contribution in [0.5, 0.6) is 11.5 Å². The van der Waals surface area contributed by atoms with Gasteiger partial charge in [-0.25, -0.2) is 4.79 Å². The first-order valence-corrected chi connectivity index (χ1v) is 17.5. The standard InChI is InChI=1S/C39H41ClN6O8/c1-46(35(48)22-44-37(49)26-5-3-24(4-6-26)25-7-10-28(40)11-8-25)36-27-9-13-33(54-17-15-42)30(20-27)29-18-23(2-12-32(29)53-16-14-41)19-31(39(51)52)45-34(47)21-43-38(36)50/h2-13,18,20,31,36H,14-17,19,21-22,41-42H2,1H3,(H,43,50)(H,44,49)(H,45,47)(H,51,52)/t31-,36?/m0/s1. The molecule has 4 aromatic carbocycles. The van der Waals surface area contributed by atoms with E-state index in [1.807, 2.05) is 12.1 Å². The minimum Gasteiger partial charge on any atom is -0.492 e. The van der Waals surface area contributed by atoms with Crippen LogP contribution in [0, 0.1) is 0 Å². The van der Waals surface area contributed by atoms with E-state index in [1.54, 1.807) is 72.8 Å². The van der Waals surface area contributed by atoms with Crippen LogP contribution in [0.1, 0.15) is 27.5 Å². The van der Waals surface area contributed by atoms with Crippen LogP contribution in [0.2, 0.25) is 5.02 Å². The van der Waals surface area contributed by atoms with E-state index in [-0.39, 0.29) is 32.7 Å². The number of carbonyl (C=O) groups excluding carboxylic acids is 4. The highest BCUT2D eigenvalue weighted by Crippen LogP contribution is 2.40. The van der Waals surface area contributed by atoms with Crippen molar-refractivity contribution in [1.29, 1.82) is 0 Å². The van der Waals surface area contributed by atoms with Gasteiger partial charge in [0.1, 0.15) is 36.8 Å². The SMILES string of the molecule is CN(C(=O)CNC(=O)c1ccc(-c2ccc(Cl)cc2)cc1)C1C(=O)NCC(=O)N[C@H](C(=O)O)Cc2ccc(OCCN)c(c2)-c2cc1ccc2OCCN. The molecule has 282 valence electrons. The van der Waals surface area contributed by atoms with Gasteiger partial charge in [-0.1, -0.05) is 48.0 Å². The quantitative estimate of drug-likeness (QED) is 0.124. The maximum atomic E-state index is 13.9. The number of amides is 4. The predicted octanol–water partition coefficient (Wildman–Crippen LogP) is 2.52. The van der Waals surface area contributed by atoms with Crippen molar-refractivity contribution in [2.45, 2.75) is 18.5 Å². The number of nitrogens with one attached hydrogen (secondary N) is 3. The molecule has 0 spiro atoms. The van der Waals surface area contributed by atoms with Gasteiger partial charge in [-0.05, 0) is 70.8 Å². The smallest absolute Gasteiger partial charge is 0.326 e. The number of carboxylic acids is 1. The summed E-state index contributed by atoms with van der Waals surface area (Å²) in [5.41, 5.74) is 15.4. The molecule has 0 fully saturated rings. The Hall–Kier alpha value is -5.96. The largest absolute Gasteiger partial charge is 0.492 e. The van der Waals surface area contributed by atoms with Crippen LogP contribution in [-0.4, -0.2) is 92.1 Å². The summed E-state index contributed by atoms with van der Waals surface area (Å²) in [6.45, 7) is -0.277. The Bertz CT molecular complexity index is 2010. The number of carbonyl (C=O) groups is 5. The molecule has 8 N–H and O–H groups in total. The molecule has 14 nitrogen and oxygen atoms in total. The van der Waals surface area contributed by atoms with Crippen molar-refractivity contribution >= 4 is 41.2 Å². The Labute approximate surface area is 316 Å². The number of rotatable bonds is 12. The second-order valence-corrected chi connectivity index (χ2v) is 12.9. The van der Waals surface area contributed by atoms with Crippen LogP contribution < -0.4 is 36.9 Å². The number of hydrogen-bond acceptors (Lipinski definition) is 9. The van der Waals surface area contributed by atoms with Gasteiger partial charge in [-0.15, -0.1) is 0 Å². The first-order valence-electron chi connectivity index (χ1n) is 17.1. The number of halogens is 1. The number of fused-ring (bicyclic) bond motifs is 5. The third-order valence-corrected chi connectivity index (χ3v) is 8.91. The Balaban J connectivity index is 1.47. The molecule has 0 aliphatic carbocycles. The topological polar surface area (TPSA) is 215 Å². The van der Waals surface area contributed by atoms with Crippen molar-refractivity contribution < 1.29 is 38.6 Å². The number of ether oxygens (including phenoxy) is 2. The number of likely N-dealkylation sites (N-methyl/N-ethyl adjacent to an activating group) is 1. The van der Waals surface area contributed by atoms with E-state index in [2.05, 4.69) is 16.0 Å². The van der Waals surface area contributed by atoms with E-state index in [1.165, 1.54) is 7.05 Å². The molecule has 0 aromatic heterocycles. The molecule has 54 heavy (non-hydrogen) atoms. The summed E-state index contributed by atoms with van der Waals surface area (Å²) >= 11 is 5.99. The third kappa shape index (κ3) is 9.72. The third-order valence-electron chi connectivity index (χ3n) is 8.65. The molecular weight excluding hydrogens is 716 g/mol. The molecule has 1 unspecified atom stereocenters. The summed E-state index contributed by atoms with van der Waals surface area (Å²) in [6.07, 6.45) is -0.0735. The van der Waals surface area contributed by atoms with Crippen molar-refractivity contribution in [2.24, 2.45) is 11.5 Å². The molecule has 4 amide bonds. The van der Waals surface area contributed by atoms with E-state index in [0.717, 1.165) is 16.0 Å². The van der Waals surface area contributed by atoms with Crippen molar-refractivity contribution in [3.63, 3.8) is 0 Å². The van der Waals surface area contributed by atoms with Crippen LogP contribution in [0.4, 0.5) is 0 Å². The van der Waals surface area contributed by atoms with E-state index in [9.17, 15) is 29.1 Å². The van der Waals surface area contributed by atoms with Gasteiger partial charge in [-0.3, -0.25) is 19.2 Å². The maximum Gasteiger partial charge on any atom is 0.326 e. The molecule has 0 saturated heterocycles. The molecule has 1 heterocycles. The molecule has 5 rings (SSSR count). The zero-order valence-electron chi connectivity index (χ0n) is 29.5. The van der Waals surface area contributed by atoms with Gasteiger partial charge in [-0.2, -0.15) is 0 Å². The van der Waals surface area contributed by atoms with Crippen molar-refractivity contribution in [3.05, 3.63) is 107 Å². The van der Waals surface area contributed by atoms with Crippen LogP contribution >= 0.6 is 11.6 Å². The van der Waals surface area contributed by atoms with Gasteiger partial charge < -0.3 is 46.9 Å². The summed E-state index contributed by atoms with van der Waals surface area (Å²) in [6, 6.07) is 21.4. The van der Waals surface area contributed by atoms with Crippen molar-refractivity contribution in [3.8, 4) is 33.8 Å². The molecule has 4 aromatic rings. The molecule has 1 aliphatic rings. The fraction of sp³-hybridized carbons (Fsp3) is 0.256. The molecule has 2 atom stereocenters. The number of nitrogens with two attached hydrogens (primary N) is 2. The van der Waals surface area contributed by atoms with Crippen molar-refractivity contribution in [1.82, 2.24) is 20.9 Å². The zero-order valence-corrected chi connectivity index (χ0v) is 30.2. The highest BCUT2D eigenvalue weighted by molar-refractivity contribution is 6.30. The number of carboxylic acid groups (broad SMARTS) is 1. The highest BCUT2D eigenvalue weighted by Gasteiger charge is 2.31. The van der Waals surface area contributed by atoms with Gasteiger partial charge in [0.25, 0.3) is 5.91 Å². The molecule has 4 bridgehead atoms. The molecule has 0 saturated carbocycles. The van der Waals surface area contributed by atoms with Crippen LogP contribution in [0.15, 0.2) is 84.9 Å². The van der Waals surface area contributed by atoms with Gasteiger partial charge in [0.2, 0.25) is 17.7 Å². The number of aliphatic carboxylic acids is 1. The van der Waals surface area contributed by atoms with E-state index in [4.69, 9.17) is 32.5 Å².